The number of carbonyl (C=O) groups is 1. The fourth-order valence-electron chi connectivity index (χ4n) is 3.83. The van der Waals surface area contributed by atoms with Gasteiger partial charge in [-0.15, -0.1) is 24.0 Å². The summed E-state index contributed by atoms with van der Waals surface area (Å²) in [5.41, 5.74) is 4.26. The third-order valence-electron chi connectivity index (χ3n) is 5.29. The van der Waals surface area contributed by atoms with Crippen LogP contribution in [-0.4, -0.2) is 49.2 Å². The summed E-state index contributed by atoms with van der Waals surface area (Å²) in [6.45, 7) is 7.31. The van der Waals surface area contributed by atoms with Crippen molar-refractivity contribution in [1.29, 1.82) is 0 Å². The number of piperidine rings is 1. The van der Waals surface area contributed by atoms with Gasteiger partial charge < -0.3 is 20.3 Å². The normalized spacial score (nSPS) is 16.9. The van der Waals surface area contributed by atoms with E-state index in [4.69, 9.17) is 9.73 Å². The number of aliphatic imine (C=N–C) groups is 1. The Kier molecular flexibility index (Phi) is 9.34. The first-order valence-corrected chi connectivity index (χ1v) is 10.3. The summed E-state index contributed by atoms with van der Waals surface area (Å²) in [7, 11) is 0. The van der Waals surface area contributed by atoms with Crippen LogP contribution in [0.3, 0.4) is 0 Å². The zero-order valence-corrected chi connectivity index (χ0v) is 19.3. The SMILES string of the molecule is CCNC(=NCc1ccc2c(c1)CCC2)NC1CCN(C(=O)OCC)CC1.I. The molecule has 156 valence electrons. The third kappa shape index (κ3) is 6.25. The Hall–Kier alpha value is -1.51. The van der Waals surface area contributed by atoms with Crippen LogP contribution in [0.4, 0.5) is 4.79 Å². The lowest BCUT2D eigenvalue weighted by atomic mass is 10.1. The lowest BCUT2D eigenvalue weighted by molar-refractivity contribution is 0.0963. The van der Waals surface area contributed by atoms with Crippen LogP contribution < -0.4 is 10.6 Å². The molecule has 1 aliphatic carbocycles. The summed E-state index contributed by atoms with van der Waals surface area (Å²) < 4.78 is 5.09. The average molecular weight is 500 g/mol. The first-order chi connectivity index (χ1) is 13.2. The molecule has 1 aromatic rings. The van der Waals surface area contributed by atoms with Crippen molar-refractivity contribution >= 4 is 36.0 Å². The minimum atomic E-state index is -0.201. The lowest BCUT2D eigenvalue weighted by Crippen LogP contribution is -2.49. The number of aryl methyl sites for hydroxylation is 2. The highest BCUT2D eigenvalue weighted by molar-refractivity contribution is 14.0. The average Bonchev–Trinajstić information content (AvgIpc) is 3.15. The molecule has 7 heteroatoms. The second-order valence-electron chi connectivity index (χ2n) is 7.26. The van der Waals surface area contributed by atoms with Gasteiger partial charge >= 0.3 is 6.09 Å². The number of hydrogen-bond donors (Lipinski definition) is 2. The van der Waals surface area contributed by atoms with Crippen molar-refractivity contribution in [3.63, 3.8) is 0 Å². The third-order valence-corrected chi connectivity index (χ3v) is 5.29. The van der Waals surface area contributed by atoms with Crippen molar-refractivity contribution in [2.24, 2.45) is 4.99 Å². The number of carbonyl (C=O) groups excluding carboxylic acids is 1. The maximum Gasteiger partial charge on any atom is 0.409 e. The molecule has 1 amide bonds. The molecule has 1 heterocycles. The minimum Gasteiger partial charge on any atom is -0.450 e. The number of nitrogens with zero attached hydrogens (tertiary/aromatic N) is 2. The standard InChI is InChI=1S/C21H32N4O2.HI/c1-3-22-20(23-15-16-8-9-17-6-5-7-18(17)14-16)24-19-10-12-25(13-11-19)21(26)27-4-2;/h8-9,14,19H,3-7,10-13,15H2,1-2H3,(H2,22,23,24);1H. The number of guanidine groups is 1. The number of rotatable bonds is 5. The molecule has 1 fully saturated rings. The molecule has 0 radical (unpaired) electrons. The highest BCUT2D eigenvalue weighted by atomic mass is 127. The van der Waals surface area contributed by atoms with Gasteiger partial charge in [0.1, 0.15) is 0 Å². The zero-order chi connectivity index (χ0) is 19.1. The van der Waals surface area contributed by atoms with Gasteiger partial charge in [0.15, 0.2) is 5.96 Å². The van der Waals surface area contributed by atoms with Gasteiger partial charge in [-0.3, -0.25) is 0 Å². The van der Waals surface area contributed by atoms with Crippen LogP contribution >= 0.6 is 24.0 Å². The van der Waals surface area contributed by atoms with E-state index in [1.807, 2.05) is 6.92 Å². The quantitative estimate of drug-likeness (QED) is 0.369. The van der Waals surface area contributed by atoms with Gasteiger partial charge in [0.25, 0.3) is 0 Å². The van der Waals surface area contributed by atoms with Crippen molar-refractivity contribution in [1.82, 2.24) is 15.5 Å². The predicted octanol–water partition coefficient (Wildman–Crippen LogP) is 3.47. The Bertz CT molecular complexity index is 672. The van der Waals surface area contributed by atoms with Crippen LogP contribution in [0.1, 0.15) is 49.8 Å². The summed E-state index contributed by atoms with van der Waals surface area (Å²) in [6.07, 6.45) is 5.30. The van der Waals surface area contributed by atoms with Crippen LogP contribution in [0.2, 0.25) is 0 Å². The molecule has 0 saturated carbocycles. The molecule has 1 aliphatic heterocycles. The van der Waals surface area contributed by atoms with Gasteiger partial charge in [-0.2, -0.15) is 0 Å². The van der Waals surface area contributed by atoms with Crippen molar-refractivity contribution < 1.29 is 9.53 Å². The molecule has 6 nitrogen and oxygen atoms in total. The van der Waals surface area contributed by atoms with Gasteiger partial charge in [0, 0.05) is 25.7 Å². The predicted molar refractivity (Wildman–Crippen MR) is 123 cm³/mol. The lowest BCUT2D eigenvalue weighted by Gasteiger charge is -2.32. The second-order valence-corrected chi connectivity index (χ2v) is 7.26. The largest absolute Gasteiger partial charge is 0.450 e. The highest BCUT2D eigenvalue weighted by Crippen LogP contribution is 2.23. The number of fused-ring (bicyclic) bond motifs is 1. The van der Waals surface area contributed by atoms with E-state index in [1.54, 1.807) is 4.90 Å². The summed E-state index contributed by atoms with van der Waals surface area (Å²) in [6, 6.07) is 7.11. The van der Waals surface area contributed by atoms with Crippen molar-refractivity contribution in [2.75, 3.05) is 26.2 Å². The highest BCUT2D eigenvalue weighted by Gasteiger charge is 2.24. The van der Waals surface area contributed by atoms with Crippen molar-refractivity contribution in [3.8, 4) is 0 Å². The van der Waals surface area contributed by atoms with E-state index in [-0.39, 0.29) is 30.1 Å². The Morgan fingerprint density at radius 1 is 1.21 bits per heavy atom. The van der Waals surface area contributed by atoms with E-state index in [2.05, 4.69) is 35.8 Å². The summed E-state index contributed by atoms with van der Waals surface area (Å²) in [4.78, 5) is 18.4. The number of benzene rings is 1. The summed E-state index contributed by atoms with van der Waals surface area (Å²) >= 11 is 0. The Morgan fingerprint density at radius 3 is 2.68 bits per heavy atom. The van der Waals surface area contributed by atoms with Gasteiger partial charge in [-0.25, -0.2) is 9.79 Å². The molecular weight excluding hydrogens is 467 g/mol. The van der Waals surface area contributed by atoms with Crippen LogP contribution in [-0.2, 0) is 24.1 Å². The molecule has 2 N–H and O–H groups in total. The van der Waals surface area contributed by atoms with E-state index >= 15 is 0 Å². The molecule has 0 spiro atoms. The molecule has 0 atom stereocenters. The number of nitrogens with one attached hydrogen (secondary N) is 2. The molecule has 3 rings (SSSR count). The van der Waals surface area contributed by atoms with Crippen LogP contribution in [0, 0.1) is 0 Å². The fraction of sp³-hybridized carbons (Fsp3) is 0.619. The molecule has 0 unspecified atom stereocenters. The minimum absolute atomic E-state index is 0. The smallest absolute Gasteiger partial charge is 0.409 e. The number of halogens is 1. The first kappa shape index (κ1) is 22.8. The molecule has 28 heavy (non-hydrogen) atoms. The number of amides is 1. The van der Waals surface area contributed by atoms with Crippen LogP contribution in [0.15, 0.2) is 23.2 Å². The van der Waals surface area contributed by atoms with Gasteiger partial charge in [-0.05, 0) is 62.6 Å². The fourth-order valence-corrected chi connectivity index (χ4v) is 3.83. The number of likely N-dealkylation sites (tertiary alicyclic amines) is 1. The summed E-state index contributed by atoms with van der Waals surface area (Å²) in [5, 5.41) is 6.87. The van der Waals surface area contributed by atoms with Crippen molar-refractivity contribution in [2.45, 2.75) is 58.5 Å². The second kappa shape index (κ2) is 11.5. The van der Waals surface area contributed by atoms with E-state index in [0.717, 1.165) is 38.4 Å². The molecular formula is C21H33IN4O2. The van der Waals surface area contributed by atoms with Crippen LogP contribution in [0.25, 0.3) is 0 Å². The topological polar surface area (TPSA) is 66.0 Å². The Morgan fingerprint density at radius 2 is 1.96 bits per heavy atom. The Balaban J connectivity index is 0.00000280. The molecule has 2 aliphatic rings. The number of hydrogen-bond acceptors (Lipinski definition) is 3. The zero-order valence-electron chi connectivity index (χ0n) is 17.0. The van der Waals surface area contributed by atoms with Crippen molar-refractivity contribution in [3.05, 3.63) is 34.9 Å². The van der Waals surface area contributed by atoms with Gasteiger partial charge in [-0.1, -0.05) is 18.2 Å². The van der Waals surface area contributed by atoms with Gasteiger partial charge in [0.05, 0.1) is 13.2 Å². The monoisotopic (exact) mass is 500 g/mol. The van der Waals surface area contributed by atoms with E-state index in [1.165, 1.54) is 36.0 Å². The van der Waals surface area contributed by atoms with E-state index < -0.39 is 0 Å². The van der Waals surface area contributed by atoms with E-state index in [0.29, 0.717) is 19.2 Å². The van der Waals surface area contributed by atoms with E-state index in [9.17, 15) is 4.79 Å². The first-order valence-electron chi connectivity index (χ1n) is 10.3. The maximum atomic E-state index is 11.8. The molecule has 0 aromatic heterocycles. The molecule has 1 saturated heterocycles. The number of ether oxygens (including phenoxy) is 1. The summed E-state index contributed by atoms with van der Waals surface area (Å²) in [5.74, 6) is 0.854. The van der Waals surface area contributed by atoms with Crippen LogP contribution in [0.5, 0.6) is 0 Å². The van der Waals surface area contributed by atoms with Gasteiger partial charge in [0.2, 0.25) is 0 Å². The molecule has 0 bridgehead atoms. The Labute approximate surface area is 185 Å². The maximum absolute atomic E-state index is 11.8. The molecule has 1 aromatic carbocycles.